The Labute approximate surface area is 129 Å². The summed E-state index contributed by atoms with van der Waals surface area (Å²) in [5.41, 5.74) is 8.01. The Morgan fingerprint density at radius 1 is 1.18 bits per heavy atom. The van der Waals surface area contributed by atoms with E-state index < -0.39 is 12.0 Å². The monoisotopic (exact) mass is 301 g/mol. The van der Waals surface area contributed by atoms with Gasteiger partial charge in [0.2, 0.25) is 0 Å². The highest BCUT2D eigenvalue weighted by Crippen LogP contribution is 2.29. The average Bonchev–Trinajstić information content (AvgIpc) is 2.45. The molecule has 0 fully saturated rings. The molecule has 2 aromatic rings. The van der Waals surface area contributed by atoms with E-state index in [1.54, 1.807) is 37.3 Å². The van der Waals surface area contributed by atoms with Crippen molar-refractivity contribution in [1.82, 2.24) is 0 Å². The Kier molecular flexibility index (Phi) is 4.68. The fraction of sp³-hybridized carbons (Fsp3) is 0.235. The van der Waals surface area contributed by atoms with E-state index >= 15 is 0 Å². The van der Waals surface area contributed by atoms with Gasteiger partial charge in [-0.1, -0.05) is 12.1 Å². The van der Waals surface area contributed by atoms with Crippen molar-refractivity contribution in [3.63, 3.8) is 0 Å². The number of nitrogens with two attached hydrogens (primary N) is 1. The molecule has 0 spiro atoms. The maximum atomic E-state index is 10.8. The lowest BCUT2D eigenvalue weighted by Gasteiger charge is -2.12. The minimum absolute atomic E-state index is 0.224. The Bertz CT molecular complexity index is 697. The normalized spacial score (nSPS) is 12.0. The number of ether oxygens (including phenoxy) is 1. The molecule has 0 aliphatic heterocycles. The molecule has 116 valence electrons. The number of phenols is 1. The minimum Gasteiger partial charge on any atom is -0.508 e. The van der Waals surface area contributed by atoms with E-state index in [0.29, 0.717) is 11.5 Å². The largest absolute Gasteiger partial charge is 0.508 e. The van der Waals surface area contributed by atoms with Gasteiger partial charge in [-0.25, -0.2) is 0 Å². The van der Waals surface area contributed by atoms with E-state index in [1.807, 2.05) is 13.0 Å². The van der Waals surface area contributed by atoms with Crippen LogP contribution in [0.3, 0.4) is 0 Å². The van der Waals surface area contributed by atoms with Crippen LogP contribution in [0.15, 0.2) is 36.4 Å². The lowest BCUT2D eigenvalue weighted by molar-refractivity contribution is -0.138. The molecule has 5 heteroatoms. The molecular formula is C17H19NO4. The predicted molar refractivity (Wildman–Crippen MR) is 83.4 cm³/mol. The molecule has 0 bridgehead atoms. The highest BCUT2D eigenvalue weighted by molar-refractivity contribution is 5.73. The summed E-state index contributed by atoms with van der Waals surface area (Å²) >= 11 is 0. The highest BCUT2D eigenvalue weighted by atomic mass is 16.5. The van der Waals surface area contributed by atoms with Gasteiger partial charge in [-0.2, -0.15) is 0 Å². The van der Waals surface area contributed by atoms with Crippen molar-refractivity contribution < 1.29 is 19.7 Å². The molecular weight excluding hydrogens is 282 g/mol. The lowest BCUT2D eigenvalue weighted by Crippen LogP contribution is -2.32. The first-order valence-corrected chi connectivity index (χ1v) is 6.92. The molecule has 0 aromatic heterocycles. The second-order valence-corrected chi connectivity index (χ2v) is 5.30. The van der Waals surface area contributed by atoms with Crippen LogP contribution >= 0.6 is 0 Å². The van der Waals surface area contributed by atoms with E-state index in [4.69, 9.17) is 15.6 Å². The van der Waals surface area contributed by atoms with Gasteiger partial charge >= 0.3 is 5.97 Å². The molecule has 4 N–H and O–H groups in total. The van der Waals surface area contributed by atoms with Crippen molar-refractivity contribution in [2.45, 2.75) is 26.3 Å². The van der Waals surface area contributed by atoms with Crippen LogP contribution in [-0.2, 0) is 11.2 Å². The fourth-order valence-electron chi connectivity index (χ4n) is 2.11. The number of rotatable bonds is 5. The number of hydrogen-bond acceptors (Lipinski definition) is 4. The van der Waals surface area contributed by atoms with Gasteiger partial charge in [0, 0.05) is 0 Å². The third-order valence-corrected chi connectivity index (χ3v) is 3.41. The van der Waals surface area contributed by atoms with Crippen molar-refractivity contribution in [1.29, 1.82) is 0 Å². The van der Waals surface area contributed by atoms with Crippen LogP contribution < -0.4 is 10.5 Å². The van der Waals surface area contributed by atoms with Crippen LogP contribution in [-0.4, -0.2) is 22.2 Å². The van der Waals surface area contributed by atoms with Gasteiger partial charge in [0.1, 0.15) is 23.3 Å². The third kappa shape index (κ3) is 3.77. The quantitative estimate of drug-likeness (QED) is 0.789. The van der Waals surface area contributed by atoms with Gasteiger partial charge in [0.05, 0.1) is 0 Å². The smallest absolute Gasteiger partial charge is 0.320 e. The minimum atomic E-state index is -1.02. The first kappa shape index (κ1) is 15.9. The SMILES string of the molecule is Cc1cc(Oc2ccc(C[C@H](N)C(=O)O)cc2C)ccc1O. The standard InChI is InChI=1S/C17H19NO4/c1-10-8-13(4-5-15(10)19)22-16-6-3-12(7-11(16)2)9-14(18)17(20)21/h3-8,14,19H,9,18H2,1-2H3,(H,20,21)/t14-/m0/s1. The van der Waals surface area contributed by atoms with E-state index in [2.05, 4.69) is 0 Å². The summed E-state index contributed by atoms with van der Waals surface area (Å²) in [4.78, 5) is 10.8. The zero-order chi connectivity index (χ0) is 16.3. The Morgan fingerprint density at radius 3 is 2.50 bits per heavy atom. The summed E-state index contributed by atoms with van der Waals surface area (Å²) in [5.74, 6) is 0.519. The van der Waals surface area contributed by atoms with Crippen LogP contribution in [0.2, 0.25) is 0 Å². The molecule has 1 atom stereocenters. The average molecular weight is 301 g/mol. The van der Waals surface area contributed by atoms with Crippen molar-refractivity contribution >= 4 is 5.97 Å². The van der Waals surface area contributed by atoms with Crippen molar-refractivity contribution in [3.8, 4) is 17.2 Å². The molecule has 2 aromatic carbocycles. The molecule has 0 aliphatic carbocycles. The Morgan fingerprint density at radius 2 is 1.91 bits per heavy atom. The maximum absolute atomic E-state index is 10.8. The first-order valence-electron chi connectivity index (χ1n) is 6.92. The fourth-order valence-corrected chi connectivity index (χ4v) is 2.11. The van der Waals surface area contributed by atoms with Crippen molar-refractivity contribution in [3.05, 3.63) is 53.1 Å². The van der Waals surface area contributed by atoms with E-state index in [9.17, 15) is 9.90 Å². The van der Waals surface area contributed by atoms with Crippen molar-refractivity contribution in [2.24, 2.45) is 5.73 Å². The first-order chi connectivity index (χ1) is 10.4. The molecule has 2 rings (SSSR count). The number of hydrogen-bond donors (Lipinski definition) is 3. The van der Waals surface area contributed by atoms with Gasteiger partial charge in [-0.3, -0.25) is 4.79 Å². The van der Waals surface area contributed by atoms with Gasteiger partial charge in [0.25, 0.3) is 0 Å². The van der Waals surface area contributed by atoms with E-state index in [0.717, 1.165) is 16.7 Å². The number of phenolic OH excluding ortho intramolecular Hbond substituents is 1. The van der Waals surface area contributed by atoms with Crippen LogP contribution in [0, 0.1) is 13.8 Å². The number of carbonyl (C=O) groups is 1. The predicted octanol–water partition coefficient (Wildman–Crippen LogP) is 2.76. The van der Waals surface area contributed by atoms with Crippen LogP contribution in [0.25, 0.3) is 0 Å². The van der Waals surface area contributed by atoms with Gasteiger partial charge in [-0.15, -0.1) is 0 Å². The molecule has 0 aliphatic rings. The number of aryl methyl sites for hydroxylation is 2. The van der Waals surface area contributed by atoms with Crippen molar-refractivity contribution in [2.75, 3.05) is 0 Å². The van der Waals surface area contributed by atoms with Gasteiger partial charge in [-0.05, 0) is 61.2 Å². The maximum Gasteiger partial charge on any atom is 0.320 e. The Hall–Kier alpha value is -2.53. The highest BCUT2D eigenvalue weighted by Gasteiger charge is 2.13. The number of aromatic hydroxyl groups is 1. The van der Waals surface area contributed by atoms with Gasteiger partial charge in [0.15, 0.2) is 0 Å². The lowest BCUT2D eigenvalue weighted by atomic mass is 10.0. The molecule has 22 heavy (non-hydrogen) atoms. The van der Waals surface area contributed by atoms with E-state index in [1.165, 1.54) is 0 Å². The topological polar surface area (TPSA) is 92.8 Å². The number of carboxylic acid groups (broad SMARTS) is 1. The number of benzene rings is 2. The molecule has 0 saturated carbocycles. The second kappa shape index (κ2) is 6.49. The molecule has 0 unspecified atom stereocenters. The molecule has 5 nitrogen and oxygen atoms in total. The van der Waals surface area contributed by atoms with Gasteiger partial charge < -0.3 is 20.7 Å². The zero-order valence-corrected chi connectivity index (χ0v) is 12.5. The summed E-state index contributed by atoms with van der Waals surface area (Å²) in [6.45, 7) is 3.68. The Balaban J connectivity index is 2.15. The van der Waals surface area contributed by atoms with Crippen LogP contribution in [0.4, 0.5) is 0 Å². The summed E-state index contributed by atoms with van der Waals surface area (Å²) in [5, 5.41) is 18.4. The number of aliphatic carboxylic acids is 1. The summed E-state index contributed by atoms with van der Waals surface area (Å²) < 4.78 is 5.79. The summed E-state index contributed by atoms with van der Waals surface area (Å²) in [6, 6.07) is 9.58. The van der Waals surface area contributed by atoms with Crippen LogP contribution in [0.5, 0.6) is 17.2 Å². The summed E-state index contributed by atoms with van der Waals surface area (Å²) in [7, 11) is 0. The zero-order valence-electron chi connectivity index (χ0n) is 12.5. The third-order valence-electron chi connectivity index (χ3n) is 3.41. The molecule has 0 saturated heterocycles. The number of carboxylic acids is 1. The van der Waals surface area contributed by atoms with E-state index in [-0.39, 0.29) is 12.2 Å². The second-order valence-electron chi connectivity index (χ2n) is 5.30. The van der Waals surface area contributed by atoms with Crippen LogP contribution in [0.1, 0.15) is 16.7 Å². The molecule has 0 amide bonds. The summed E-state index contributed by atoms with van der Waals surface area (Å²) in [6.07, 6.45) is 0.273. The molecule has 0 radical (unpaired) electrons. The molecule has 0 heterocycles.